The van der Waals surface area contributed by atoms with E-state index >= 15 is 0 Å². The summed E-state index contributed by atoms with van der Waals surface area (Å²) >= 11 is 0. The van der Waals surface area contributed by atoms with E-state index in [9.17, 15) is 4.79 Å². The largest absolute Gasteiger partial charge is 0.463 e. The monoisotopic (exact) mass is 145 g/mol. The predicted molar refractivity (Wildman–Crippen MR) is 35.3 cm³/mol. The van der Waals surface area contributed by atoms with Crippen molar-refractivity contribution in [3.8, 4) is 0 Å². The van der Waals surface area contributed by atoms with Gasteiger partial charge < -0.3 is 4.74 Å². The van der Waals surface area contributed by atoms with Crippen LogP contribution in [0.2, 0.25) is 0 Å². The molecule has 0 saturated carbocycles. The summed E-state index contributed by atoms with van der Waals surface area (Å²) < 4.78 is 4.61. The highest BCUT2D eigenvalue weighted by atomic mass is 16.5. The third kappa shape index (κ3) is 28.9. The van der Waals surface area contributed by atoms with Gasteiger partial charge in [0.05, 0.1) is 6.10 Å². The molecule has 0 aliphatic rings. The zero-order valence-corrected chi connectivity index (χ0v) is 6.30. The molecule has 0 fully saturated rings. The standard InChI is InChI=1S/C5H10O2.CHNO/c1-4(2)7-5(3)6;2-1-3/h4H,1-3H3;2H. The Morgan fingerprint density at radius 3 is 1.90 bits per heavy atom. The number of rotatable bonds is 1. The molecule has 0 aromatic heterocycles. The minimum Gasteiger partial charge on any atom is -0.463 e. The quantitative estimate of drug-likeness (QED) is 0.338. The Balaban J connectivity index is 0. The first-order valence-corrected chi connectivity index (χ1v) is 2.75. The second kappa shape index (κ2) is 7.85. The lowest BCUT2D eigenvalue weighted by Crippen LogP contribution is -2.06. The highest BCUT2D eigenvalue weighted by Gasteiger charge is 1.93. The van der Waals surface area contributed by atoms with E-state index in [1.807, 2.05) is 13.8 Å². The molecule has 0 spiro atoms. The van der Waals surface area contributed by atoms with Gasteiger partial charge in [0.1, 0.15) is 0 Å². The summed E-state index contributed by atoms with van der Waals surface area (Å²) in [6.07, 6.45) is 0.775. The van der Waals surface area contributed by atoms with Gasteiger partial charge in [-0.2, -0.15) is 0 Å². The number of carbonyl (C=O) groups excluding carboxylic acids is 2. The van der Waals surface area contributed by atoms with Crippen molar-refractivity contribution in [1.82, 2.24) is 0 Å². The Labute approximate surface area is 59.7 Å². The molecule has 0 heterocycles. The maximum Gasteiger partial charge on any atom is 0.302 e. The van der Waals surface area contributed by atoms with E-state index in [4.69, 9.17) is 10.2 Å². The summed E-state index contributed by atoms with van der Waals surface area (Å²) in [4.78, 5) is 18.4. The van der Waals surface area contributed by atoms with Crippen LogP contribution in [0.3, 0.4) is 0 Å². The van der Waals surface area contributed by atoms with E-state index < -0.39 is 0 Å². The Bertz CT molecular complexity index is 125. The molecule has 4 nitrogen and oxygen atoms in total. The molecule has 4 heteroatoms. The smallest absolute Gasteiger partial charge is 0.302 e. The van der Waals surface area contributed by atoms with Crippen LogP contribution < -0.4 is 0 Å². The lowest BCUT2D eigenvalue weighted by molar-refractivity contribution is -0.144. The van der Waals surface area contributed by atoms with Crippen molar-refractivity contribution < 1.29 is 14.3 Å². The van der Waals surface area contributed by atoms with Crippen molar-refractivity contribution in [2.45, 2.75) is 26.9 Å². The van der Waals surface area contributed by atoms with Crippen molar-refractivity contribution in [3.63, 3.8) is 0 Å². The fourth-order valence-electron chi connectivity index (χ4n) is 0.332. The van der Waals surface area contributed by atoms with Crippen LogP contribution in [0, 0.1) is 5.41 Å². The van der Waals surface area contributed by atoms with Crippen LogP contribution in [0.15, 0.2) is 0 Å². The van der Waals surface area contributed by atoms with Gasteiger partial charge in [0.2, 0.25) is 6.08 Å². The molecule has 0 aromatic rings. The van der Waals surface area contributed by atoms with E-state index in [-0.39, 0.29) is 12.1 Å². The molecule has 10 heavy (non-hydrogen) atoms. The molecule has 0 atom stereocenters. The summed E-state index contributed by atoms with van der Waals surface area (Å²) in [6.45, 7) is 5.04. The minimum atomic E-state index is -0.213. The van der Waals surface area contributed by atoms with Crippen molar-refractivity contribution in [2.75, 3.05) is 0 Å². The normalized spacial score (nSPS) is 7.20. The van der Waals surface area contributed by atoms with Gasteiger partial charge in [0.15, 0.2) is 0 Å². The average Bonchev–Trinajstić information content (AvgIpc) is 1.62. The molecule has 1 N–H and O–H groups in total. The first kappa shape index (κ1) is 11.6. The predicted octanol–water partition coefficient (Wildman–Crippen LogP) is 0.859. The molecule has 0 aliphatic carbocycles. The molecule has 58 valence electrons. The SMILES string of the molecule is CC(=O)OC(C)C.N=C=O. The number of hydrogen-bond acceptors (Lipinski definition) is 4. The van der Waals surface area contributed by atoms with E-state index in [1.165, 1.54) is 6.92 Å². The maximum absolute atomic E-state index is 10.0. The highest BCUT2D eigenvalue weighted by molar-refractivity contribution is 5.66. The lowest BCUT2D eigenvalue weighted by atomic mass is 10.5. The van der Waals surface area contributed by atoms with Crippen molar-refractivity contribution in [3.05, 3.63) is 0 Å². The van der Waals surface area contributed by atoms with Crippen LogP contribution in [0.5, 0.6) is 0 Å². The number of hydrogen-bond donors (Lipinski definition) is 1. The summed E-state index contributed by atoms with van der Waals surface area (Å²) in [7, 11) is 0. The van der Waals surface area contributed by atoms with E-state index in [1.54, 1.807) is 0 Å². The van der Waals surface area contributed by atoms with Gasteiger partial charge in [-0.15, -0.1) is 0 Å². The summed E-state index contributed by atoms with van der Waals surface area (Å²) in [5, 5.41) is 5.40. The number of esters is 1. The minimum absolute atomic E-state index is 0.0255. The lowest BCUT2D eigenvalue weighted by Gasteiger charge is -2.01. The molecule has 0 aliphatic heterocycles. The summed E-state index contributed by atoms with van der Waals surface area (Å²) in [5.74, 6) is -0.213. The van der Waals surface area contributed by atoms with Crippen LogP contribution >= 0.6 is 0 Å². The van der Waals surface area contributed by atoms with Crippen molar-refractivity contribution in [1.29, 1.82) is 5.41 Å². The van der Waals surface area contributed by atoms with Crippen LogP contribution in [0.1, 0.15) is 20.8 Å². The number of carbonyl (C=O) groups is 1. The average molecular weight is 145 g/mol. The third-order valence-corrected chi connectivity index (χ3v) is 0.402. The van der Waals surface area contributed by atoms with Crippen LogP contribution in [-0.4, -0.2) is 18.2 Å². The van der Waals surface area contributed by atoms with Crippen LogP contribution in [-0.2, 0) is 14.3 Å². The third-order valence-electron chi connectivity index (χ3n) is 0.402. The maximum atomic E-state index is 10.0. The Hall–Kier alpha value is -1.15. The molecule has 0 amide bonds. The van der Waals surface area contributed by atoms with Gasteiger partial charge >= 0.3 is 5.97 Å². The Morgan fingerprint density at radius 1 is 1.60 bits per heavy atom. The number of nitrogens with one attached hydrogen (secondary N) is 1. The van der Waals surface area contributed by atoms with Gasteiger partial charge in [-0.3, -0.25) is 4.79 Å². The van der Waals surface area contributed by atoms with Crippen molar-refractivity contribution >= 4 is 12.0 Å². The van der Waals surface area contributed by atoms with E-state index in [2.05, 4.69) is 4.74 Å². The van der Waals surface area contributed by atoms with Gasteiger partial charge in [0, 0.05) is 6.92 Å². The number of ether oxygens (including phenoxy) is 1. The second-order valence-electron chi connectivity index (χ2n) is 1.76. The van der Waals surface area contributed by atoms with Gasteiger partial charge in [-0.05, 0) is 13.8 Å². The first-order chi connectivity index (χ1) is 4.54. The molecular formula is C6H11NO3. The van der Waals surface area contributed by atoms with Gasteiger partial charge in [0.25, 0.3) is 0 Å². The molecule has 0 saturated heterocycles. The molecular weight excluding hydrogens is 134 g/mol. The first-order valence-electron chi connectivity index (χ1n) is 2.75. The summed E-state index contributed by atoms with van der Waals surface area (Å²) in [5.41, 5.74) is 0. The summed E-state index contributed by atoms with van der Waals surface area (Å²) in [6, 6.07) is 0. The highest BCUT2D eigenvalue weighted by Crippen LogP contribution is 1.85. The molecule has 0 rings (SSSR count). The molecule has 0 radical (unpaired) electrons. The zero-order valence-electron chi connectivity index (χ0n) is 6.30. The zero-order chi connectivity index (χ0) is 8.57. The fourth-order valence-corrected chi connectivity index (χ4v) is 0.332. The fraction of sp³-hybridized carbons (Fsp3) is 0.667. The van der Waals surface area contributed by atoms with Crippen LogP contribution in [0.4, 0.5) is 0 Å². The topological polar surface area (TPSA) is 67.2 Å². The number of isocyanates is 1. The Kier molecular flexibility index (Phi) is 9.12. The van der Waals surface area contributed by atoms with Crippen molar-refractivity contribution in [2.24, 2.45) is 0 Å². The second-order valence-corrected chi connectivity index (χ2v) is 1.76. The molecule has 0 unspecified atom stereocenters. The van der Waals surface area contributed by atoms with Gasteiger partial charge in [-0.1, -0.05) is 0 Å². The van der Waals surface area contributed by atoms with Gasteiger partial charge in [-0.25, -0.2) is 10.2 Å². The van der Waals surface area contributed by atoms with Crippen LogP contribution in [0.25, 0.3) is 0 Å². The van der Waals surface area contributed by atoms with E-state index in [0.29, 0.717) is 0 Å². The molecule has 0 bridgehead atoms. The molecule has 0 aromatic carbocycles. The Morgan fingerprint density at radius 2 is 1.90 bits per heavy atom. The van der Waals surface area contributed by atoms with E-state index in [0.717, 1.165) is 6.08 Å².